The number of ether oxygens (including phenoxy) is 6. The van der Waals surface area contributed by atoms with Gasteiger partial charge in [-0.25, -0.2) is 0 Å². The Morgan fingerprint density at radius 2 is 1.05 bits per heavy atom. The lowest BCUT2D eigenvalue weighted by molar-refractivity contribution is 0.232. The molecule has 0 saturated heterocycles. The van der Waals surface area contributed by atoms with E-state index < -0.39 is 0 Å². The van der Waals surface area contributed by atoms with Gasteiger partial charge in [0, 0.05) is 16.5 Å². The van der Waals surface area contributed by atoms with Gasteiger partial charge >= 0.3 is 0 Å². The van der Waals surface area contributed by atoms with Gasteiger partial charge in [0.05, 0.1) is 61.2 Å². The second kappa shape index (κ2) is 19.7. The third-order valence-corrected chi connectivity index (χ3v) is 13.4. The molecule has 0 N–H and O–H groups in total. The van der Waals surface area contributed by atoms with Crippen LogP contribution in [0.15, 0.2) is 36.4 Å². The summed E-state index contributed by atoms with van der Waals surface area (Å²) in [4.78, 5) is 3.97. The standard InChI is InChI=1S/C47H68O6S2/c1-15-19-21-31(18-4)29-53-36-24-22-32(26-34(36)35-27-33(46(5,6)7)23-25-37(35)52-28-30(17-3)20-16-2)42-38(48-11)39(49-12)43(54-42)44-40(50-13)41(51-14)45(55-44)47(8,9)10/h22-27,30-31H,15-21,28-29H2,1-14H3. The van der Waals surface area contributed by atoms with Gasteiger partial charge in [0.25, 0.3) is 0 Å². The summed E-state index contributed by atoms with van der Waals surface area (Å²) >= 11 is 3.32. The maximum atomic E-state index is 6.83. The van der Waals surface area contributed by atoms with Gasteiger partial charge in [0.1, 0.15) is 11.5 Å². The van der Waals surface area contributed by atoms with Gasteiger partial charge in [-0.3, -0.25) is 0 Å². The zero-order valence-electron chi connectivity index (χ0n) is 36.2. The molecule has 0 spiro atoms. The van der Waals surface area contributed by atoms with Crippen LogP contribution in [0.3, 0.4) is 0 Å². The Morgan fingerprint density at radius 3 is 1.56 bits per heavy atom. The molecular weight excluding hydrogens is 725 g/mol. The Labute approximate surface area is 340 Å². The molecule has 8 heteroatoms. The van der Waals surface area contributed by atoms with Crippen molar-refractivity contribution in [3.63, 3.8) is 0 Å². The lowest BCUT2D eigenvalue weighted by atomic mass is 9.85. The molecule has 0 radical (unpaired) electrons. The molecule has 0 aliphatic rings. The predicted octanol–water partition coefficient (Wildman–Crippen LogP) is 14.2. The van der Waals surface area contributed by atoms with E-state index in [1.165, 1.54) is 18.4 Å². The van der Waals surface area contributed by atoms with Gasteiger partial charge in [0.2, 0.25) is 0 Å². The number of unbranched alkanes of at least 4 members (excludes halogenated alkanes) is 1. The molecular formula is C47H68O6S2. The molecule has 0 saturated carbocycles. The first-order valence-electron chi connectivity index (χ1n) is 20.3. The second-order valence-corrected chi connectivity index (χ2v) is 18.7. The summed E-state index contributed by atoms with van der Waals surface area (Å²) in [6, 6.07) is 13.2. The Kier molecular flexibility index (Phi) is 15.9. The van der Waals surface area contributed by atoms with Crippen LogP contribution in [0.4, 0.5) is 0 Å². The molecule has 4 rings (SSSR count). The fourth-order valence-corrected chi connectivity index (χ4v) is 9.65. The quantitative estimate of drug-likeness (QED) is 0.0888. The van der Waals surface area contributed by atoms with Crippen molar-refractivity contribution in [1.29, 1.82) is 0 Å². The number of rotatable bonds is 20. The smallest absolute Gasteiger partial charge is 0.181 e. The molecule has 0 fully saturated rings. The van der Waals surface area contributed by atoms with E-state index >= 15 is 0 Å². The molecule has 304 valence electrons. The molecule has 0 aliphatic carbocycles. The molecule has 6 nitrogen and oxygen atoms in total. The molecule has 55 heavy (non-hydrogen) atoms. The number of thiophene rings is 2. The highest BCUT2D eigenvalue weighted by molar-refractivity contribution is 7.25. The van der Waals surface area contributed by atoms with Crippen LogP contribution < -0.4 is 28.4 Å². The van der Waals surface area contributed by atoms with E-state index in [1.807, 2.05) is 0 Å². The molecule has 0 amide bonds. The van der Waals surface area contributed by atoms with Crippen molar-refractivity contribution in [3.8, 4) is 65.8 Å². The van der Waals surface area contributed by atoms with Crippen LogP contribution in [0.1, 0.15) is 125 Å². The van der Waals surface area contributed by atoms with Crippen molar-refractivity contribution < 1.29 is 28.4 Å². The average molecular weight is 793 g/mol. The van der Waals surface area contributed by atoms with Crippen molar-refractivity contribution in [3.05, 3.63) is 46.8 Å². The van der Waals surface area contributed by atoms with Gasteiger partial charge in [-0.05, 0) is 71.6 Å². The summed E-state index contributed by atoms with van der Waals surface area (Å²) in [5.74, 6) is 5.55. The van der Waals surface area contributed by atoms with Crippen molar-refractivity contribution in [2.24, 2.45) is 11.8 Å². The molecule has 2 aromatic heterocycles. The molecule has 2 atom stereocenters. The highest BCUT2D eigenvalue weighted by atomic mass is 32.1. The van der Waals surface area contributed by atoms with E-state index in [4.69, 9.17) is 28.4 Å². The van der Waals surface area contributed by atoms with E-state index in [2.05, 4.69) is 106 Å². The summed E-state index contributed by atoms with van der Waals surface area (Å²) < 4.78 is 37.9. The third kappa shape index (κ3) is 10.3. The Balaban J connectivity index is 1.99. The van der Waals surface area contributed by atoms with Crippen LogP contribution in [0, 0.1) is 11.8 Å². The van der Waals surface area contributed by atoms with Crippen molar-refractivity contribution in [2.45, 2.75) is 125 Å². The minimum Gasteiger partial charge on any atom is -0.493 e. The Hall–Kier alpha value is -3.36. The summed E-state index contributed by atoms with van der Waals surface area (Å²) in [5, 5.41) is 0. The first-order chi connectivity index (χ1) is 26.2. The van der Waals surface area contributed by atoms with Crippen LogP contribution in [0.5, 0.6) is 34.5 Å². The molecule has 0 aliphatic heterocycles. The zero-order chi connectivity index (χ0) is 40.5. The molecule has 0 bridgehead atoms. The summed E-state index contributed by atoms with van der Waals surface area (Å²) in [6.45, 7) is 23.7. The van der Waals surface area contributed by atoms with Crippen molar-refractivity contribution >= 4 is 22.7 Å². The lowest BCUT2D eigenvalue weighted by Crippen LogP contribution is -2.14. The van der Waals surface area contributed by atoms with Gasteiger partial charge in [-0.1, -0.05) is 107 Å². The first-order valence-corrected chi connectivity index (χ1v) is 21.9. The van der Waals surface area contributed by atoms with Crippen LogP contribution in [-0.2, 0) is 10.8 Å². The number of hydrogen-bond acceptors (Lipinski definition) is 8. The summed E-state index contributed by atoms with van der Waals surface area (Å²) in [6.07, 6.45) is 8.01. The largest absolute Gasteiger partial charge is 0.493 e. The van der Waals surface area contributed by atoms with E-state index in [0.29, 0.717) is 42.3 Å². The maximum absolute atomic E-state index is 6.83. The van der Waals surface area contributed by atoms with E-state index in [0.717, 1.165) is 85.6 Å². The first kappa shape index (κ1) is 44.4. The lowest BCUT2D eigenvalue weighted by Gasteiger charge is -2.24. The van der Waals surface area contributed by atoms with Crippen LogP contribution in [-0.4, -0.2) is 41.7 Å². The van der Waals surface area contributed by atoms with Gasteiger partial charge in [0.15, 0.2) is 23.0 Å². The fraction of sp³-hybridized carbons (Fsp3) is 0.574. The predicted molar refractivity (Wildman–Crippen MR) is 235 cm³/mol. The minimum atomic E-state index is -0.147. The highest BCUT2D eigenvalue weighted by Gasteiger charge is 2.33. The second-order valence-electron chi connectivity index (χ2n) is 16.7. The maximum Gasteiger partial charge on any atom is 0.181 e. The fourth-order valence-electron chi connectivity index (χ4n) is 6.99. The monoisotopic (exact) mass is 792 g/mol. The van der Waals surface area contributed by atoms with Gasteiger partial charge in [-0.15, -0.1) is 22.7 Å². The Bertz CT molecular complexity index is 1820. The topological polar surface area (TPSA) is 55.4 Å². The SMILES string of the molecule is CCCCC(CC)COc1ccc(-c2sc(-c3sc(C(C)(C)C)c(OC)c3OC)c(OC)c2OC)cc1-c1cc(C(C)(C)C)ccc1OCC(CC)CCC. The molecule has 2 aromatic carbocycles. The average Bonchev–Trinajstić information content (AvgIpc) is 3.74. The van der Waals surface area contributed by atoms with Gasteiger partial charge in [-0.2, -0.15) is 0 Å². The summed E-state index contributed by atoms with van der Waals surface area (Å²) in [7, 11) is 6.82. The van der Waals surface area contributed by atoms with E-state index in [9.17, 15) is 0 Å². The van der Waals surface area contributed by atoms with Crippen molar-refractivity contribution in [2.75, 3.05) is 41.7 Å². The van der Waals surface area contributed by atoms with E-state index in [1.54, 1.807) is 51.1 Å². The number of benzene rings is 2. The normalized spacial score (nSPS) is 13.1. The van der Waals surface area contributed by atoms with Crippen LogP contribution in [0.2, 0.25) is 0 Å². The molecule has 2 heterocycles. The van der Waals surface area contributed by atoms with Crippen LogP contribution >= 0.6 is 22.7 Å². The van der Waals surface area contributed by atoms with Crippen LogP contribution in [0.25, 0.3) is 31.3 Å². The number of hydrogen-bond donors (Lipinski definition) is 0. The number of methoxy groups -OCH3 is 4. The van der Waals surface area contributed by atoms with Crippen molar-refractivity contribution in [1.82, 2.24) is 0 Å². The highest BCUT2D eigenvalue weighted by Crippen LogP contribution is 2.60. The molecule has 2 unspecified atom stereocenters. The van der Waals surface area contributed by atoms with E-state index in [-0.39, 0.29) is 10.8 Å². The zero-order valence-corrected chi connectivity index (χ0v) is 37.9. The summed E-state index contributed by atoms with van der Waals surface area (Å²) in [5.41, 5.74) is 4.10. The Morgan fingerprint density at radius 1 is 0.545 bits per heavy atom. The minimum absolute atomic E-state index is 0.0560. The van der Waals surface area contributed by atoms with Gasteiger partial charge < -0.3 is 28.4 Å². The molecule has 4 aromatic rings. The third-order valence-electron chi connectivity index (χ3n) is 10.5.